The molecule has 0 aliphatic carbocycles. The lowest BCUT2D eigenvalue weighted by molar-refractivity contribution is 0.101. The fraction of sp³-hybridized carbons (Fsp3) is 0.579. The fourth-order valence-electron chi connectivity index (χ4n) is 4.27. The Labute approximate surface area is 155 Å². The second kappa shape index (κ2) is 7.12. The molecule has 2 aromatic heterocycles. The predicted molar refractivity (Wildman–Crippen MR) is 102 cm³/mol. The van der Waals surface area contributed by atoms with Gasteiger partial charge in [-0.25, -0.2) is 17.2 Å². The molecule has 26 heavy (non-hydrogen) atoms. The highest BCUT2D eigenvalue weighted by Gasteiger charge is 2.32. The van der Waals surface area contributed by atoms with E-state index in [4.69, 9.17) is 0 Å². The number of sulfonamides is 1. The van der Waals surface area contributed by atoms with E-state index < -0.39 is 10.0 Å². The maximum Gasteiger partial charge on any atom is 0.213 e. The summed E-state index contributed by atoms with van der Waals surface area (Å²) in [6, 6.07) is 3.78. The third kappa shape index (κ3) is 3.18. The maximum absolute atomic E-state index is 12.2. The van der Waals surface area contributed by atoms with Gasteiger partial charge in [0.25, 0.3) is 0 Å². The molecule has 6 nitrogen and oxygen atoms in total. The van der Waals surface area contributed by atoms with E-state index in [1.165, 1.54) is 0 Å². The lowest BCUT2D eigenvalue weighted by atomic mass is 9.82. The average molecular weight is 378 g/mol. The Morgan fingerprint density at radius 2 is 2.00 bits per heavy atom. The average Bonchev–Trinajstić information content (AvgIpc) is 2.93. The zero-order valence-electron chi connectivity index (χ0n) is 15.9. The van der Waals surface area contributed by atoms with Gasteiger partial charge in [-0.1, -0.05) is 6.92 Å². The molecular formula is C19H27N3O3S. The Balaban J connectivity index is 1.91. The first kappa shape index (κ1) is 19.0. The van der Waals surface area contributed by atoms with Crippen molar-refractivity contribution in [1.82, 2.24) is 13.9 Å². The molecule has 1 saturated heterocycles. The third-order valence-electron chi connectivity index (χ3n) is 5.74. The molecule has 0 aromatic carbocycles. The first-order chi connectivity index (χ1) is 12.3. The second-order valence-electron chi connectivity index (χ2n) is 7.19. The van der Waals surface area contributed by atoms with Crippen LogP contribution in [-0.2, 0) is 10.0 Å². The van der Waals surface area contributed by atoms with Gasteiger partial charge in [0.1, 0.15) is 0 Å². The Bertz CT molecular complexity index is 925. The van der Waals surface area contributed by atoms with Gasteiger partial charge in [0.2, 0.25) is 10.0 Å². The molecule has 1 aliphatic rings. The largest absolute Gasteiger partial charge is 0.294 e. The van der Waals surface area contributed by atoms with E-state index >= 15 is 0 Å². The number of hydrogen-bond donors (Lipinski definition) is 0. The second-order valence-corrected chi connectivity index (χ2v) is 9.45. The highest BCUT2D eigenvalue weighted by atomic mass is 32.2. The standard InChI is InChI=1S/C19H27N3O3S/c1-5-26(24,25)21-11-8-16(9-12-21)13(2)19-14(3)18(15(4)23)17-7-6-10-20-22(17)19/h6-7,10,13,16H,5,8-9,11-12H2,1-4H3. The van der Waals surface area contributed by atoms with Gasteiger partial charge in [-0.3, -0.25) is 4.79 Å². The van der Waals surface area contributed by atoms with Gasteiger partial charge in [-0.2, -0.15) is 5.10 Å². The number of nitrogens with zero attached hydrogens (tertiary/aromatic N) is 3. The lowest BCUT2D eigenvalue weighted by Crippen LogP contribution is -2.40. The molecule has 3 rings (SSSR count). The summed E-state index contributed by atoms with van der Waals surface area (Å²) in [5.41, 5.74) is 3.66. The molecular weight excluding hydrogens is 350 g/mol. The van der Waals surface area contributed by atoms with Crippen molar-refractivity contribution in [2.24, 2.45) is 5.92 Å². The molecule has 142 valence electrons. The summed E-state index contributed by atoms with van der Waals surface area (Å²) >= 11 is 0. The van der Waals surface area contributed by atoms with Gasteiger partial charge in [0, 0.05) is 36.5 Å². The van der Waals surface area contributed by atoms with E-state index in [2.05, 4.69) is 12.0 Å². The summed E-state index contributed by atoms with van der Waals surface area (Å²) in [6.45, 7) is 8.59. The minimum Gasteiger partial charge on any atom is -0.294 e. The number of piperidine rings is 1. The van der Waals surface area contributed by atoms with Gasteiger partial charge in [-0.15, -0.1) is 0 Å². The van der Waals surface area contributed by atoms with Gasteiger partial charge in [-0.05, 0) is 57.2 Å². The fourth-order valence-corrected chi connectivity index (χ4v) is 5.40. The molecule has 1 fully saturated rings. The first-order valence-corrected chi connectivity index (χ1v) is 10.8. The van der Waals surface area contributed by atoms with Crippen molar-refractivity contribution in [3.63, 3.8) is 0 Å². The topological polar surface area (TPSA) is 71.8 Å². The van der Waals surface area contributed by atoms with Crippen molar-refractivity contribution < 1.29 is 13.2 Å². The van der Waals surface area contributed by atoms with Gasteiger partial charge in [0.05, 0.1) is 11.3 Å². The van der Waals surface area contributed by atoms with Crippen LogP contribution in [0.3, 0.4) is 0 Å². The Morgan fingerprint density at radius 1 is 1.35 bits per heavy atom. The van der Waals surface area contributed by atoms with E-state index in [-0.39, 0.29) is 17.5 Å². The summed E-state index contributed by atoms with van der Waals surface area (Å²) in [5.74, 6) is 0.783. The molecule has 0 bridgehead atoms. The van der Waals surface area contributed by atoms with Crippen LogP contribution >= 0.6 is 0 Å². The van der Waals surface area contributed by atoms with E-state index in [0.717, 1.165) is 35.2 Å². The van der Waals surface area contributed by atoms with Gasteiger partial charge >= 0.3 is 0 Å². The van der Waals surface area contributed by atoms with Crippen LogP contribution in [0.5, 0.6) is 0 Å². The van der Waals surface area contributed by atoms with Crippen molar-refractivity contribution in [3.05, 3.63) is 35.2 Å². The molecule has 0 radical (unpaired) electrons. The molecule has 7 heteroatoms. The number of aromatic nitrogens is 2. The zero-order valence-corrected chi connectivity index (χ0v) is 16.7. The van der Waals surface area contributed by atoms with E-state index in [9.17, 15) is 13.2 Å². The Kier molecular flexibility index (Phi) is 5.21. The van der Waals surface area contributed by atoms with E-state index in [1.807, 2.05) is 23.6 Å². The molecule has 3 heterocycles. The summed E-state index contributed by atoms with van der Waals surface area (Å²) < 4.78 is 27.7. The van der Waals surface area contributed by atoms with Crippen LogP contribution in [0.2, 0.25) is 0 Å². The van der Waals surface area contributed by atoms with Crippen molar-refractivity contribution in [1.29, 1.82) is 0 Å². The van der Waals surface area contributed by atoms with E-state index in [0.29, 0.717) is 19.0 Å². The summed E-state index contributed by atoms with van der Waals surface area (Å²) in [6.07, 6.45) is 3.40. The van der Waals surface area contributed by atoms with Crippen LogP contribution < -0.4 is 0 Å². The monoisotopic (exact) mass is 377 g/mol. The number of rotatable bonds is 5. The number of carbonyl (C=O) groups excluding carboxylic acids is 1. The lowest BCUT2D eigenvalue weighted by Gasteiger charge is -2.34. The molecule has 1 atom stereocenters. The molecule has 2 aromatic rings. The SMILES string of the molecule is CCS(=O)(=O)N1CCC(C(C)c2c(C)c(C(C)=O)c3cccnn23)CC1. The molecule has 1 aliphatic heterocycles. The van der Waals surface area contributed by atoms with Crippen LogP contribution in [0.15, 0.2) is 18.3 Å². The quantitative estimate of drug-likeness (QED) is 0.751. The van der Waals surface area contributed by atoms with Crippen molar-refractivity contribution in [3.8, 4) is 0 Å². The Hall–Kier alpha value is -1.73. The van der Waals surface area contributed by atoms with Crippen LogP contribution in [-0.4, -0.2) is 47.0 Å². The molecule has 0 saturated carbocycles. The van der Waals surface area contributed by atoms with E-state index in [1.54, 1.807) is 24.3 Å². The number of Topliss-reactive ketones (excluding diaryl/α,β-unsaturated/α-hetero) is 1. The number of ketones is 1. The van der Waals surface area contributed by atoms with Crippen LogP contribution in [0, 0.1) is 12.8 Å². The van der Waals surface area contributed by atoms with Crippen LogP contribution in [0.25, 0.3) is 5.52 Å². The van der Waals surface area contributed by atoms with Gasteiger partial charge < -0.3 is 0 Å². The normalized spacial score (nSPS) is 18.3. The number of fused-ring (bicyclic) bond motifs is 1. The molecule has 0 N–H and O–H groups in total. The smallest absolute Gasteiger partial charge is 0.213 e. The van der Waals surface area contributed by atoms with Crippen molar-refractivity contribution >= 4 is 21.3 Å². The molecule has 1 unspecified atom stereocenters. The number of carbonyl (C=O) groups is 1. The molecule has 0 spiro atoms. The zero-order chi connectivity index (χ0) is 19.1. The minimum atomic E-state index is -3.11. The predicted octanol–water partition coefficient (Wildman–Crippen LogP) is 3.01. The first-order valence-electron chi connectivity index (χ1n) is 9.22. The summed E-state index contributed by atoms with van der Waals surface area (Å²) in [5, 5.41) is 4.49. The third-order valence-corrected chi connectivity index (χ3v) is 7.62. The minimum absolute atomic E-state index is 0.0512. The van der Waals surface area contributed by atoms with Gasteiger partial charge in [0.15, 0.2) is 5.78 Å². The van der Waals surface area contributed by atoms with Crippen molar-refractivity contribution in [2.45, 2.75) is 46.5 Å². The highest BCUT2D eigenvalue weighted by molar-refractivity contribution is 7.89. The summed E-state index contributed by atoms with van der Waals surface area (Å²) in [7, 11) is -3.11. The Morgan fingerprint density at radius 3 is 2.58 bits per heavy atom. The maximum atomic E-state index is 12.2. The summed E-state index contributed by atoms with van der Waals surface area (Å²) in [4.78, 5) is 12.2. The van der Waals surface area contributed by atoms with Crippen LogP contribution in [0.1, 0.15) is 61.1 Å². The highest BCUT2D eigenvalue weighted by Crippen LogP contribution is 2.37. The number of hydrogen-bond acceptors (Lipinski definition) is 4. The van der Waals surface area contributed by atoms with Crippen LogP contribution in [0.4, 0.5) is 0 Å². The van der Waals surface area contributed by atoms with Crippen molar-refractivity contribution in [2.75, 3.05) is 18.8 Å². The molecule has 0 amide bonds.